The molecule has 15 heteroatoms. The van der Waals surface area contributed by atoms with Crippen LogP contribution in [0.4, 0.5) is 11.6 Å². The molecule has 3 aliphatic rings. The quantitative estimate of drug-likeness (QED) is 0.205. The number of nitriles is 1. The van der Waals surface area contributed by atoms with Gasteiger partial charge in [0.15, 0.2) is 0 Å². The van der Waals surface area contributed by atoms with Crippen LogP contribution in [0.3, 0.4) is 0 Å². The minimum Gasteiger partial charge on any atom is -0.395 e. The summed E-state index contributed by atoms with van der Waals surface area (Å²) in [5.74, 6) is -1.39. The number of amides is 4. The number of halogens is 2. The van der Waals surface area contributed by atoms with Crippen molar-refractivity contribution in [2.45, 2.75) is 55.6 Å². The molecule has 0 unspecified atom stereocenters. The van der Waals surface area contributed by atoms with Crippen molar-refractivity contribution in [1.82, 2.24) is 30.1 Å². The molecule has 2 aromatic heterocycles. The zero-order valence-electron chi connectivity index (χ0n) is 28.3. The molecule has 3 N–H and O–H groups in total. The summed E-state index contributed by atoms with van der Waals surface area (Å²) in [5, 5.41) is 25.1. The molecule has 13 nitrogen and oxygen atoms in total. The smallest absolute Gasteiger partial charge is 0.270 e. The first-order chi connectivity index (χ1) is 24.8. The van der Waals surface area contributed by atoms with E-state index in [2.05, 4.69) is 26.7 Å². The van der Waals surface area contributed by atoms with Crippen molar-refractivity contribution in [2.24, 2.45) is 0 Å². The standard InChI is InChI=1S/C37H34Cl2N8O5/c1-35(18-22-3-5-23(19-40)6-4-22)33(52)46(27-16-25(38)15-26(39)17-27)34-42-21-28(47(34)35)30(49)43-37(11-12-37)32(51)44-36(9-10-36)29-8-7-24(20-41-29)31(50)45(2)13-14-48/h3-8,15-17,20-21,48H,9-14,18H2,1-2H3,(H,43,49)(H,44,51)/t35-/m1/s1. The molecule has 266 valence electrons. The first-order valence-corrected chi connectivity index (χ1v) is 17.4. The lowest BCUT2D eigenvalue weighted by atomic mass is 9.91. The molecule has 0 spiro atoms. The number of anilines is 2. The molecular weight excluding hydrogens is 707 g/mol. The minimum absolute atomic E-state index is 0.0865. The Balaban J connectivity index is 1.15. The number of fused-ring (bicyclic) bond motifs is 1. The van der Waals surface area contributed by atoms with E-state index >= 15 is 0 Å². The number of aliphatic hydroxyl groups is 1. The Labute approximate surface area is 309 Å². The molecular formula is C37H34Cl2N8O5. The van der Waals surface area contributed by atoms with E-state index in [0.717, 1.165) is 5.56 Å². The second-order valence-electron chi connectivity index (χ2n) is 13.8. The zero-order chi connectivity index (χ0) is 37.0. The number of nitrogens with zero attached hydrogens (tertiary/aromatic N) is 6. The number of aromatic nitrogens is 3. The van der Waals surface area contributed by atoms with Crippen LogP contribution in [-0.4, -0.2) is 73.9 Å². The summed E-state index contributed by atoms with van der Waals surface area (Å²) in [6, 6.07) is 17.0. The van der Waals surface area contributed by atoms with E-state index < -0.39 is 22.5 Å². The molecule has 1 aliphatic heterocycles. The van der Waals surface area contributed by atoms with Gasteiger partial charge >= 0.3 is 0 Å². The predicted octanol–water partition coefficient (Wildman–Crippen LogP) is 4.22. The molecule has 3 heterocycles. The van der Waals surface area contributed by atoms with Crippen LogP contribution >= 0.6 is 23.2 Å². The van der Waals surface area contributed by atoms with Gasteiger partial charge in [0.2, 0.25) is 11.9 Å². The maximum absolute atomic E-state index is 14.4. The van der Waals surface area contributed by atoms with E-state index in [1.807, 2.05) is 0 Å². The Kier molecular flexibility index (Phi) is 8.81. The van der Waals surface area contributed by atoms with E-state index in [0.29, 0.717) is 58.2 Å². The van der Waals surface area contributed by atoms with Crippen LogP contribution in [0.1, 0.15) is 70.3 Å². The molecule has 0 bridgehead atoms. The fourth-order valence-corrected chi connectivity index (χ4v) is 7.24. The Morgan fingerprint density at radius 3 is 2.25 bits per heavy atom. The highest BCUT2D eigenvalue weighted by Gasteiger charge is 2.57. The van der Waals surface area contributed by atoms with Gasteiger partial charge in [-0.1, -0.05) is 35.3 Å². The average molecular weight is 742 g/mol. The molecule has 2 fully saturated rings. The van der Waals surface area contributed by atoms with Gasteiger partial charge in [0.25, 0.3) is 17.7 Å². The van der Waals surface area contributed by atoms with Crippen LogP contribution in [0.15, 0.2) is 67.0 Å². The largest absolute Gasteiger partial charge is 0.395 e. The van der Waals surface area contributed by atoms with Crippen molar-refractivity contribution in [3.8, 4) is 6.07 Å². The molecule has 2 aromatic carbocycles. The first-order valence-electron chi connectivity index (χ1n) is 16.7. The Morgan fingerprint density at radius 1 is 0.981 bits per heavy atom. The van der Waals surface area contributed by atoms with Crippen LogP contribution in [0.25, 0.3) is 0 Å². The fourth-order valence-electron chi connectivity index (χ4n) is 6.72. The molecule has 4 amide bonds. The van der Waals surface area contributed by atoms with E-state index in [4.69, 9.17) is 28.3 Å². The highest BCUT2D eigenvalue weighted by Crippen LogP contribution is 2.47. The summed E-state index contributed by atoms with van der Waals surface area (Å²) in [4.78, 5) is 66.8. The Bertz CT molecular complexity index is 2140. The van der Waals surface area contributed by atoms with E-state index in [-0.39, 0.29) is 48.9 Å². The van der Waals surface area contributed by atoms with Crippen LogP contribution in [0.5, 0.6) is 0 Å². The third-order valence-electron chi connectivity index (χ3n) is 9.99. The first kappa shape index (κ1) is 35.1. The van der Waals surface area contributed by atoms with Crippen molar-refractivity contribution in [1.29, 1.82) is 5.26 Å². The highest BCUT2D eigenvalue weighted by atomic mass is 35.5. The van der Waals surface area contributed by atoms with Crippen LogP contribution in [0, 0.1) is 11.3 Å². The number of aliphatic hydroxyl groups excluding tert-OH is 1. The third kappa shape index (κ3) is 6.17. The summed E-state index contributed by atoms with van der Waals surface area (Å²) in [5.41, 5.74) is -0.585. The number of carbonyl (C=O) groups excluding carboxylic acids is 4. The summed E-state index contributed by atoms with van der Waals surface area (Å²) >= 11 is 12.6. The maximum atomic E-state index is 14.4. The summed E-state index contributed by atoms with van der Waals surface area (Å²) < 4.78 is 1.58. The molecule has 4 aromatic rings. The van der Waals surface area contributed by atoms with E-state index in [1.165, 1.54) is 22.2 Å². The Hall–Kier alpha value is -5.29. The molecule has 1 atom stereocenters. The van der Waals surface area contributed by atoms with Crippen molar-refractivity contribution in [2.75, 3.05) is 25.1 Å². The topological polar surface area (TPSA) is 174 Å². The van der Waals surface area contributed by atoms with Gasteiger partial charge in [-0.15, -0.1) is 0 Å². The summed E-state index contributed by atoms with van der Waals surface area (Å²) in [6.07, 6.45) is 5.11. The maximum Gasteiger partial charge on any atom is 0.270 e. The third-order valence-corrected chi connectivity index (χ3v) is 10.4. The highest BCUT2D eigenvalue weighted by molar-refractivity contribution is 6.35. The number of pyridine rings is 1. The minimum atomic E-state index is -1.34. The lowest BCUT2D eigenvalue weighted by Gasteiger charge is -2.27. The molecule has 0 radical (unpaired) electrons. The normalized spacial score (nSPS) is 19.0. The van der Waals surface area contributed by atoms with Gasteiger partial charge in [-0.3, -0.25) is 28.7 Å². The number of carbonyl (C=O) groups is 4. The SMILES string of the molecule is CN(CCO)C(=O)c1ccc(C2(NC(=O)C3(NC(=O)c4cnc5n4[C@](C)(Cc4ccc(C#N)cc4)C(=O)N5c4cc(Cl)cc(Cl)c4)CC3)CC2)nc1. The second kappa shape index (κ2) is 13.0. The fraction of sp³-hybridized carbons (Fsp3) is 0.324. The molecule has 2 aliphatic carbocycles. The average Bonchev–Trinajstić information content (AvgIpc) is 4.03. The van der Waals surface area contributed by atoms with Crippen molar-refractivity contribution >= 4 is 58.5 Å². The van der Waals surface area contributed by atoms with Gasteiger partial charge in [-0.25, -0.2) is 9.88 Å². The summed E-state index contributed by atoms with van der Waals surface area (Å²) in [6.45, 7) is 1.75. The van der Waals surface area contributed by atoms with Gasteiger partial charge in [-0.05, 0) is 80.6 Å². The van der Waals surface area contributed by atoms with Gasteiger partial charge in [0.05, 0.1) is 46.9 Å². The predicted molar refractivity (Wildman–Crippen MR) is 191 cm³/mol. The number of likely N-dealkylation sites (N-methyl/N-ethyl adjacent to an activating group) is 1. The van der Waals surface area contributed by atoms with E-state index in [1.54, 1.807) is 73.1 Å². The van der Waals surface area contributed by atoms with Crippen molar-refractivity contribution in [3.63, 3.8) is 0 Å². The zero-order valence-corrected chi connectivity index (χ0v) is 29.8. The van der Waals surface area contributed by atoms with E-state index in [9.17, 15) is 24.4 Å². The van der Waals surface area contributed by atoms with Crippen molar-refractivity contribution < 1.29 is 24.3 Å². The number of benzene rings is 2. The van der Waals surface area contributed by atoms with Gasteiger partial charge in [0, 0.05) is 36.3 Å². The van der Waals surface area contributed by atoms with Crippen molar-refractivity contribution in [3.05, 3.63) is 105 Å². The number of imidazole rings is 1. The molecule has 7 rings (SSSR count). The van der Waals surface area contributed by atoms with Gasteiger partial charge < -0.3 is 20.6 Å². The molecule has 2 saturated carbocycles. The number of hydrogen-bond acceptors (Lipinski definition) is 8. The monoisotopic (exact) mass is 740 g/mol. The second-order valence-corrected chi connectivity index (χ2v) is 14.6. The lowest BCUT2D eigenvalue weighted by Crippen LogP contribution is -2.52. The molecule has 0 saturated heterocycles. The van der Waals surface area contributed by atoms with Crippen LogP contribution in [-0.2, 0) is 27.1 Å². The number of nitrogens with one attached hydrogen (secondary N) is 2. The van der Waals surface area contributed by atoms with Crippen LogP contribution < -0.4 is 15.5 Å². The lowest BCUT2D eigenvalue weighted by molar-refractivity contribution is -0.125. The van der Waals surface area contributed by atoms with Gasteiger partial charge in [-0.2, -0.15) is 5.26 Å². The number of hydrogen-bond donors (Lipinski definition) is 3. The van der Waals surface area contributed by atoms with Crippen LogP contribution in [0.2, 0.25) is 10.0 Å². The summed E-state index contributed by atoms with van der Waals surface area (Å²) in [7, 11) is 1.59. The number of rotatable bonds is 11. The van der Waals surface area contributed by atoms with Gasteiger partial charge in [0.1, 0.15) is 16.8 Å². The Morgan fingerprint density at radius 2 is 1.67 bits per heavy atom. The molecule has 52 heavy (non-hydrogen) atoms.